The van der Waals surface area contributed by atoms with Crippen molar-refractivity contribution in [2.75, 3.05) is 13.2 Å². The molecule has 0 saturated heterocycles. The van der Waals surface area contributed by atoms with Crippen molar-refractivity contribution in [1.82, 2.24) is 5.32 Å². The Kier molecular flexibility index (Phi) is 5.01. The van der Waals surface area contributed by atoms with Crippen LogP contribution in [-0.2, 0) is 4.79 Å². The molecule has 3 heteroatoms. The Bertz CT molecular complexity index is 386. The fraction of sp³-hybridized carbons (Fsp3) is 0.500. The third-order valence-electron chi connectivity index (χ3n) is 2.41. The second-order valence-corrected chi connectivity index (χ2v) is 4.76. The molecule has 1 amide bonds. The molecule has 0 aliphatic heterocycles. The van der Waals surface area contributed by atoms with E-state index in [0.29, 0.717) is 12.5 Å². The molecule has 1 aromatic rings. The van der Waals surface area contributed by atoms with Crippen LogP contribution in [-0.4, -0.2) is 19.1 Å². The summed E-state index contributed by atoms with van der Waals surface area (Å²) in [6.07, 6.45) is 0. The van der Waals surface area contributed by atoms with Crippen molar-refractivity contribution in [2.24, 2.45) is 5.92 Å². The lowest BCUT2D eigenvalue weighted by Crippen LogP contribution is -2.31. The molecule has 0 atom stereocenters. The predicted molar refractivity (Wildman–Crippen MR) is 69.3 cm³/mol. The van der Waals surface area contributed by atoms with Gasteiger partial charge in [-0.25, -0.2) is 0 Å². The van der Waals surface area contributed by atoms with Gasteiger partial charge in [0.05, 0.1) is 0 Å². The maximum atomic E-state index is 11.5. The minimum absolute atomic E-state index is 0.0698. The first-order valence-corrected chi connectivity index (χ1v) is 5.96. The predicted octanol–water partition coefficient (Wildman–Crippen LogP) is 2.45. The number of aryl methyl sites for hydroxylation is 2. The van der Waals surface area contributed by atoms with Crippen LogP contribution in [0.4, 0.5) is 0 Å². The maximum absolute atomic E-state index is 11.5. The quantitative estimate of drug-likeness (QED) is 0.851. The molecule has 1 rings (SSSR count). The number of carbonyl (C=O) groups excluding carboxylic acids is 1. The molecule has 0 aromatic heterocycles. The van der Waals surface area contributed by atoms with Crippen LogP contribution < -0.4 is 10.1 Å². The number of hydrogen-bond donors (Lipinski definition) is 1. The lowest BCUT2D eigenvalue weighted by Gasteiger charge is -2.11. The average molecular weight is 235 g/mol. The molecular weight excluding hydrogens is 214 g/mol. The summed E-state index contributed by atoms with van der Waals surface area (Å²) in [6.45, 7) is 8.87. The first-order valence-electron chi connectivity index (χ1n) is 5.96. The van der Waals surface area contributed by atoms with E-state index in [2.05, 4.69) is 19.2 Å². The van der Waals surface area contributed by atoms with Gasteiger partial charge in [-0.1, -0.05) is 26.0 Å². The monoisotopic (exact) mass is 235 g/mol. The Hall–Kier alpha value is -1.51. The van der Waals surface area contributed by atoms with E-state index in [0.717, 1.165) is 16.9 Å². The minimum Gasteiger partial charge on any atom is -0.483 e. The maximum Gasteiger partial charge on any atom is 0.257 e. The summed E-state index contributed by atoms with van der Waals surface area (Å²) >= 11 is 0. The van der Waals surface area contributed by atoms with Gasteiger partial charge in [0.25, 0.3) is 5.91 Å². The van der Waals surface area contributed by atoms with Gasteiger partial charge in [-0.05, 0) is 37.0 Å². The number of amides is 1. The molecule has 0 bridgehead atoms. The van der Waals surface area contributed by atoms with Gasteiger partial charge in [-0.2, -0.15) is 0 Å². The third kappa shape index (κ3) is 4.89. The van der Waals surface area contributed by atoms with E-state index >= 15 is 0 Å². The molecule has 3 nitrogen and oxygen atoms in total. The van der Waals surface area contributed by atoms with Gasteiger partial charge in [0.2, 0.25) is 0 Å². The summed E-state index contributed by atoms with van der Waals surface area (Å²) in [4.78, 5) is 11.5. The van der Waals surface area contributed by atoms with E-state index in [1.165, 1.54) is 0 Å². The van der Waals surface area contributed by atoms with Crippen LogP contribution in [0.2, 0.25) is 0 Å². The second kappa shape index (κ2) is 6.28. The third-order valence-corrected chi connectivity index (χ3v) is 2.41. The van der Waals surface area contributed by atoms with E-state index in [9.17, 15) is 4.79 Å². The topological polar surface area (TPSA) is 38.3 Å². The standard InChI is InChI=1S/C14H21NO2/c1-10(2)8-15-14(16)9-17-13-7-11(3)5-6-12(13)4/h5-7,10H,8-9H2,1-4H3,(H,15,16). The van der Waals surface area contributed by atoms with E-state index in [1.807, 2.05) is 32.0 Å². The number of benzene rings is 1. The van der Waals surface area contributed by atoms with Crippen LogP contribution >= 0.6 is 0 Å². The SMILES string of the molecule is Cc1ccc(C)c(OCC(=O)NCC(C)C)c1. The highest BCUT2D eigenvalue weighted by Gasteiger charge is 2.05. The van der Waals surface area contributed by atoms with E-state index in [4.69, 9.17) is 4.74 Å². The fourth-order valence-electron chi connectivity index (χ4n) is 1.38. The van der Waals surface area contributed by atoms with Crippen LogP contribution in [0.3, 0.4) is 0 Å². The van der Waals surface area contributed by atoms with Crippen molar-refractivity contribution in [3.05, 3.63) is 29.3 Å². The molecule has 0 heterocycles. The van der Waals surface area contributed by atoms with Crippen LogP contribution in [0.15, 0.2) is 18.2 Å². The normalized spacial score (nSPS) is 10.4. The molecule has 0 unspecified atom stereocenters. The smallest absolute Gasteiger partial charge is 0.257 e. The van der Waals surface area contributed by atoms with Gasteiger partial charge in [0.1, 0.15) is 5.75 Å². The first-order chi connectivity index (χ1) is 7.99. The lowest BCUT2D eigenvalue weighted by molar-refractivity contribution is -0.123. The summed E-state index contributed by atoms with van der Waals surface area (Å²) in [5.41, 5.74) is 2.18. The lowest BCUT2D eigenvalue weighted by atomic mass is 10.1. The molecule has 1 N–H and O–H groups in total. The highest BCUT2D eigenvalue weighted by atomic mass is 16.5. The largest absolute Gasteiger partial charge is 0.483 e. The van der Waals surface area contributed by atoms with E-state index in [-0.39, 0.29) is 12.5 Å². The summed E-state index contributed by atoms with van der Waals surface area (Å²) in [5.74, 6) is 1.17. The Morgan fingerprint density at radius 3 is 2.71 bits per heavy atom. The highest BCUT2D eigenvalue weighted by Crippen LogP contribution is 2.18. The summed E-state index contributed by atoms with van der Waals surface area (Å²) in [6, 6.07) is 5.97. The van der Waals surface area contributed by atoms with Gasteiger partial charge in [-0.15, -0.1) is 0 Å². The Morgan fingerprint density at radius 2 is 2.06 bits per heavy atom. The molecule has 1 aromatic carbocycles. The van der Waals surface area contributed by atoms with Crippen molar-refractivity contribution >= 4 is 5.91 Å². The minimum atomic E-state index is -0.0698. The van der Waals surface area contributed by atoms with Crippen LogP contribution in [0.1, 0.15) is 25.0 Å². The van der Waals surface area contributed by atoms with Crippen LogP contribution in [0.25, 0.3) is 0 Å². The molecule has 0 fully saturated rings. The van der Waals surface area contributed by atoms with Gasteiger partial charge < -0.3 is 10.1 Å². The Balaban J connectivity index is 2.44. The zero-order valence-electron chi connectivity index (χ0n) is 11.0. The molecule has 94 valence electrons. The van der Waals surface area contributed by atoms with Crippen LogP contribution in [0, 0.1) is 19.8 Å². The Labute approximate surface area is 103 Å². The fourth-order valence-corrected chi connectivity index (χ4v) is 1.38. The number of nitrogens with one attached hydrogen (secondary N) is 1. The molecule has 0 aliphatic rings. The number of rotatable bonds is 5. The molecule has 0 spiro atoms. The zero-order chi connectivity index (χ0) is 12.8. The second-order valence-electron chi connectivity index (χ2n) is 4.76. The van der Waals surface area contributed by atoms with Crippen molar-refractivity contribution in [3.63, 3.8) is 0 Å². The zero-order valence-corrected chi connectivity index (χ0v) is 11.0. The molecule has 0 radical (unpaired) electrons. The van der Waals surface area contributed by atoms with E-state index in [1.54, 1.807) is 0 Å². The molecule has 17 heavy (non-hydrogen) atoms. The van der Waals surface area contributed by atoms with Gasteiger partial charge in [0.15, 0.2) is 6.61 Å². The van der Waals surface area contributed by atoms with Crippen molar-refractivity contribution < 1.29 is 9.53 Å². The van der Waals surface area contributed by atoms with Gasteiger partial charge in [0, 0.05) is 6.54 Å². The Morgan fingerprint density at radius 1 is 1.35 bits per heavy atom. The number of ether oxygens (including phenoxy) is 1. The molecule has 0 saturated carbocycles. The van der Waals surface area contributed by atoms with Crippen molar-refractivity contribution in [2.45, 2.75) is 27.7 Å². The van der Waals surface area contributed by atoms with Crippen molar-refractivity contribution in [1.29, 1.82) is 0 Å². The number of carbonyl (C=O) groups is 1. The van der Waals surface area contributed by atoms with E-state index < -0.39 is 0 Å². The summed E-state index contributed by atoms with van der Waals surface area (Å²) in [5, 5.41) is 2.82. The number of hydrogen-bond acceptors (Lipinski definition) is 2. The van der Waals surface area contributed by atoms with Gasteiger partial charge in [-0.3, -0.25) is 4.79 Å². The molecule has 0 aliphatic carbocycles. The van der Waals surface area contributed by atoms with Crippen molar-refractivity contribution in [3.8, 4) is 5.75 Å². The van der Waals surface area contributed by atoms with Crippen LogP contribution in [0.5, 0.6) is 5.75 Å². The summed E-state index contributed by atoms with van der Waals surface area (Å²) in [7, 11) is 0. The van der Waals surface area contributed by atoms with Gasteiger partial charge >= 0.3 is 0 Å². The summed E-state index contributed by atoms with van der Waals surface area (Å²) < 4.78 is 5.50. The molecular formula is C14H21NO2. The first kappa shape index (κ1) is 13.6. The average Bonchev–Trinajstić information content (AvgIpc) is 2.27. The highest BCUT2D eigenvalue weighted by molar-refractivity contribution is 5.77.